The van der Waals surface area contributed by atoms with Gasteiger partial charge in [-0.15, -0.1) is 11.3 Å². The lowest BCUT2D eigenvalue weighted by Gasteiger charge is -2.27. The standard InChI is InChI=1S/C57H54BN2S/c1-54(2,3)32-16-20-35(21-17-32)59-45-30-41-36-22-18-34(56(7,8)9)29-48(36)61-49(41)31-40(45)37-23-24-39-51-47(27-25-43-50(51)38-14-12-13-15-42(38)57(43,10)11)60-46-26-19-33(55(4,5)6)28-44(46)58-52(37)53(39)60/h12-31,59H,1-11H3. The number of thiophene rings is 1. The molecule has 0 fully saturated rings. The van der Waals surface area contributed by atoms with Crippen molar-refractivity contribution in [2.24, 2.45) is 0 Å². The Kier molecular flexibility index (Phi) is 8.01. The van der Waals surface area contributed by atoms with Gasteiger partial charge in [0, 0.05) is 64.5 Å². The molecule has 0 saturated heterocycles. The second-order valence-electron chi connectivity index (χ2n) is 21.4. The van der Waals surface area contributed by atoms with Crippen LogP contribution in [-0.2, 0) is 21.7 Å². The second kappa shape index (κ2) is 12.7. The first-order valence-electron chi connectivity index (χ1n) is 22.0. The maximum atomic E-state index is 3.98. The van der Waals surface area contributed by atoms with Crippen molar-refractivity contribution in [1.29, 1.82) is 0 Å². The van der Waals surface area contributed by atoms with Gasteiger partial charge in [0.25, 0.3) is 0 Å². The van der Waals surface area contributed by atoms with Crippen LogP contribution in [0.25, 0.3) is 69.9 Å². The van der Waals surface area contributed by atoms with Crippen molar-refractivity contribution >= 4 is 82.9 Å². The average Bonchev–Trinajstić information content (AvgIpc) is 3.82. The SMILES string of the molecule is CC(C)(C)c1ccc(Nc2cc3c(cc2-c2ccc4c5c6c(ccc5n5c4c2[B]c2cc(C(C)(C)C)ccc2-5)C(C)(C)c2ccccc2-6)sc2cc(C(C)(C)C)ccc23)cc1. The number of hydrogen-bond donors (Lipinski definition) is 1. The zero-order valence-electron chi connectivity index (χ0n) is 37.5. The Morgan fingerprint density at radius 2 is 1.21 bits per heavy atom. The van der Waals surface area contributed by atoms with E-state index in [0.29, 0.717) is 0 Å². The van der Waals surface area contributed by atoms with E-state index in [-0.39, 0.29) is 21.7 Å². The number of aromatic nitrogens is 1. The molecule has 0 bridgehead atoms. The molecule has 4 heteroatoms. The number of nitrogens with one attached hydrogen (secondary N) is 1. The molecule has 1 aliphatic heterocycles. The minimum absolute atomic E-state index is 0.0194. The van der Waals surface area contributed by atoms with Crippen LogP contribution in [0.15, 0.2) is 121 Å². The number of anilines is 2. The van der Waals surface area contributed by atoms with Gasteiger partial charge in [-0.05, 0) is 109 Å². The largest absolute Gasteiger partial charge is 0.355 e. The molecule has 3 heterocycles. The molecule has 301 valence electrons. The number of nitrogens with zero attached hydrogens (tertiary/aromatic N) is 1. The van der Waals surface area contributed by atoms with Gasteiger partial charge in [0.2, 0.25) is 0 Å². The highest BCUT2D eigenvalue weighted by atomic mass is 32.1. The van der Waals surface area contributed by atoms with Crippen molar-refractivity contribution < 1.29 is 0 Å². The first-order chi connectivity index (χ1) is 28.9. The molecule has 1 N–H and O–H groups in total. The fourth-order valence-electron chi connectivity index (χ4n) is 10.4. The summed E-state index contributed by atoms with van der Waals surface area (Å²) >= 11 is 1.92. The summed E-state index contributed by atoms with van der Waals surface area (Å²) in [6, 6.07) is 46.9. The summed E-state index contributed by atoms with van der Waals surface area (Å²) < 4.78 is 5.23. The molecular formula is C57H54BN2S. The molecule has 1 radical (unpaired) electrons. The Morgan fingerprint density at radius 1 is 0.557 bits per heavy atom. The minimum atomic E-state index is -0.0813. The summed E-state index contributed by atoms with van der Waals surface area (Å²) in [6.45, 7) is 25.5. The predicted octanol–water partition coefficient (Wildman–Crippen LogP) is 14.7. The summed E-state index contributed by atoms with van der Waals surface area (Å²) in [6.07, 6.45) is 0. The van der Waals surface area contributed by atoms with Gasteiger partial charge in [0.15, 0.2) is 7.28 Å². The lowest BCUT2D eigenvalue weighted by atomic mass is 9.58. The van der Waals surface area contributed by atoms with E-state index in [2.05, 4.69) is 215 Å². The Hall–Kier alpha value is -5.58. The van der Waals surface area contributed by atoms with Crippen LogP contribution >= 0.6 is 11.3 Å². The Bertz CT molecular complexity index is 3320. The maximum absolute atomic E-state index is 3.98. The molecular weight excluding hydrogens is 756 g/mol. The van der Waals surface area contributed by atoms with Crippen molar-refractivity contribution in [2.75, 3.05) is 5.32 Å². The summed E-state index contributed by atoms with van der Waals surface area (Å²) in [7, 11) is 2.49. The molecule has 0 spiro atoms. The van der Waals surface area contributed by atoms with Crippen LogP contribution in [0.3, 0.4) is 0 Å². The Labute approximate surface area is 365 Å². The lowest BCUT2D eigenvalue weighted by molar-refractivity contribution is 0.590. The van der Waals surface area contributed by atoms with Gasteiger partial charge < -0.3 is 9.88 Å². The number of hydrogen-bond acceptors (Lipinski definition) is 2. The molecule has 11 rings (SSSR count). The first-order valence-corrected chi connectivity index (χ1v) is 22.8. The van der Waals surface area contributed by atoms with Gasteiger partial charge in [0.1, 0.15) is 0 Å². The van der Waals surface area contributed by atoms with Crippen LogP contribution < -0.4 is 16.2 Å². The average molecular weight is 810 g/mol. The zero-order valence-corrected chi connectivity index (χ0v) is 38.3. The fraction of sp³-hybridized carbons (Fsp3) is 0.263. The third-order valence-corrected chi connectivity index (χ3v) is 15.0. The highest BCUT2D eigenvalue weighted by Gasteiger charge is 2.38. The summed E-state index contributed by atoms with van der Waals surface area (Å²) in [4.78, 5) is 0. The van der Waals surface area contributed by atoms with Gasteiger partial charge in [-0.2, -0.15) is 0 Å². The van der Waals surface area contributed by atoms with Crippen LogP contribution in [0.1, 0.15) is 104 Å². The van der Waals surface area contributed by atoms with E-state index in [1.54, 1.807) is 0 Å². The number of benzene rings is 7. The Morgan fingerprint density at radius 3 is 1.95 bits per heavy atom. The maximum Gasteiger partial charge on any atom is 0.197 e. The molecule has 0 amide bonds. The van der Waals surface area contributed by atoms with Crippen molar-refractivity contribution in [1.82, 2.24) is 4.57 Å². The van der Waals surface area contributed by atoms with E-state index in [1.807, 2.05) is 11.3 Å². The monoisotopic (exact) mass is 809 g/mol. The summed E-state index contributed by atoms with van der Waals surface area (Å²) in [5.74, 6) is 0. The third kappa shape index (κ3) is 5.74. The van der Waals surface area contributed by atoms with Crippen LogP contribution in [0.4, 0.5) is 11.4 Å². The molecule has 1 aliphatic carbocycles. The van der Waals surface area contributed by atoms with Crippen molar-refractivity contribution in [3.8, 4) is 27.9 Å². The van der Waals surface area contributed by atoms with E-state index >= 15 is 0 Å². The lowest BCUT2D eigenvalue weighted by Crippen LogP contribution is -2.38. The smallest absolute Gasteiger partial charge is 0.197 e. The summed E-state index contributed by atoms with van der Waals surface area (Å²) in [5, 5.41) is 9.25. The van der Waals surface area contributed by atoms with E-state index in [9.17, 15) is 0 Å². The molecule has 0 saturated carbocycles. The van der Waals surface area contributed by atoms with Gasteiger partial charge in [-0.25, -0.2) is 0 Å². The highest BCUT2D eigenvalue weighted by Crippen LogP contribution is 2.54. The van der Waals surface area contributed by atoms with Crippen molar-refractivity contribution in [3.63, 3.8) is 0 Å². The molecule has 7 aromatic carbocycles. The number of rotatable bonds is 3. The molecule has 2 aromatic heterocycles. The summed E-state index contributed by atoms with van der Waals surface area (Å²) in [5.41, 5.74) is 20.7. The van der Waals surface area contributed by atoms with Crippen LogP contribution in [0.5, 0.6) is 0 Å². The van der Waals surface area contributed by atoms with E-state index in [1.165, 1.54) is 109 Å². The number of fused-ring (bicyclic) bond motifs is 12. The molecule has 2 nitrogen and oxygen atoms in total. The van der Waals surface area contributed by atoms with Crippen LogP contribution in [0.2, 0.25) is 0 Å². The van der Waals surface area contributed by atoms with Crippen LogP contribution in [-0.4, -0.2) is 11.8 Å². The molecule has 0 unspecified atom stereocenters. The van der Waals surface area contributed by atoms with Gasteiger partial charge in [-0.1, -0.05) is 160 Å². The fourth-order valence-corrected chi connectivity index (χ4v) is 11.5. The minimum Gasteiger partial charge on any atom is -0.355 e. The quantitative estimate of drug-likeness (QED) is 0.176. The zero-order chi connectivity index (χ0) is 42.5. The highest BCUT2D eigenvalue weighted by molar-refractivity contribution is 7.25. The molecule has 2 aliphatic rings. The Balaban J connectivity index is 1.21. The predicted molar refractivity (Wildman–Crippen MR) is 268 cm³/mol. The van der Waals surface area contributed by atoms with Crippen LogP contribution in [0, 0.1) is 0 Å². The topological polar surface area (TPSA) is 17.0 Å². The van der Waals surface area contributed by atoms with Gasteiger partial charge >= 0.3 is 0 Å². The van der Waals surface area contributed by atoms with Crippen molar-refractivity contribution in [3.05, 3.63) is 149 Å². The van der Waals surface area contributed by atoms with E-state index < -0.39 is 0 Å². The van der Waals surface area contributed by atoms with E-state index in [4.69, 9.17) is 0 Å². The second-order valence-corrected chi connectivity index (χ2v) is 22.5. The molecule has 9 aromatic rings. The molecule has 0 atom stereocenters. The third-order valence-electron chi connectivity index (χ3n) is 13.9. The van der Waals surface area contributed by atoms with Crippen molar-refractivity contribution in [2.45, 2.75) is 97.8 Å². The van der Waals surface area contributed by atoms with E-state index in [0.717, 1.165) is 11.4 Å². The van der Waals surface area contributed by atoms with Gasteiger partial charge in [0.05, 0.1) is 5.52 Å². The normalized spacial score (nSPS) is 14.4. The first kappa shape index (κ1) is 38.4. The van der Waals surface area contributed by atoms with Gasteiger partial charge in [-0.3, -0.25) is 0 Å². The molecule has 61 heavy (non-hydrogen) atoms.